The number of hydrogen-bond donors (Lipinski definition) is 1. The lowest BCUT2D eigenvalue weighted by Crippen LogP contribution is -2.40. The minimum absolute atomic E-state index is 0.0869. The van der Waals surface area contributed by atoms with Gasteiger partial charge in [-0.1, -0.05) is 36.8 Å². The second-order valence-electron chi connectivity index (χ2n) is 6.93. The molecule has 0 spiro atoms. The number of nitrogens with one attached hydrogen (secondary N) is 1. The molecule has 2 aromatic rings. The van der Waals surface area contributed by atoms with Crippen molar-refractivity contribution in [3.05, 3.63) is 64.1 Å². The summed E-state index contributed by atoms with van der Waals surface area (Å²) in [6.45, 7) is 3.35. The van der Waals surface area contributed by atoms with Crippen molar-refractivity contribution in [2.24, 2.45) is 0 Å². The summed E-state index contributed by atoms with van der Waals surface area (Å²) in [5.74, 6) is 0.817. The fourth-order valence-corrected chi connectivity index (χ4v) is 4.17. The van der Waals surface area contributed by atoms with Gasteiger partial charge in [0.25, 0.3) is 0 Å². The Morgan fingerprint density at radius 1 is 1.15 bits per heavy atom. The van der Waals surface area contributed by atoms with Crippen molar-refractivity contribution >= 4 is 21.7 Å². The van der Waals surface area contributed by atoms with Gasteiger partial charge in [0.2, 0.25) is 0 Å². The molecular formula is C22H27BrN2O2. The topological polar surface area (TPSA) is 41.6 Å². The Morgan fingerprint density at radius 3 is 2.56 bits per heavy atom. The molecule has 1 fully saturated rings. The zero-order valence-corrected chi connectivity index (χ0v) is 17.4. The zero-order chi connectivity index (χ0) is 19.1. The highest BCUT2D eigenvalue weighted by atomic mass is 79.9. The molecule has 0 radical (unpaired) electrons. The average Bonchev–Trinajstić information content (AvgIpc) is 2.72. The SMILES string of the molecule is COc1ccc(C(=O)CNCC(c2ccccc2)N2CCCCC2)cc1Br. The zero-order valence-electron chi connectivity index (χ0n) is 15.8. The monoisotopic (exact) mass is 430 g/mol. The lowest BCUT2D eigenvalue weighted by molar-refractivity contribution is 0.0983. The number of methoxy groups -OCH3 is 1. The predicted octanol–water partition coefficient (Wildman–Crippen LogP) is 4.46. The first-order valence-electron chi connectivity index (χ1n) is 9.55. The molecule has 4 nitrogen and oxygen atoms in total. The number of hydrogen-bond acceptors (Lipinski definition) is 4. The van der Waals surface area contributed by atoms with E-state index in [0.29, 0.717) is 18.2 Å². The van der Waals surface area contributed by atoms with E-state index in [-0.39, 0.29) is 5.78 Å². The summed E-state index contributed by atoms with van der Waals surface area (Å²) in [5.41, 5.74) is 2.00. The average molecular weight is 431 g/mol. The molecule has 0 aliphatic carbocycles. The summed E-state index contributed by atoms with van der Waals surface area (Å²) >= 11 is 3.45. The smallest absolute Gasteiger partial charge is 0.176 e. The molecule has 1 heterocycles. The van der Waals surface area contributed by atoms with Gasteiger partial charge in [0.1, 0.15) is 5.75 Å². The third-order valence-electron chi connectivity index (χ3n) is 5.11. The van der Waals surface area contributed by atoms with Crippen molar-refractivity contribution in [3.63, 3.8) is 0 Å². The van der Waals surface area contributed by atoms with Crippen LogP contribution >= 0.6 is 15.9 Å². The van der Waals surface area contributed by atoms with Gasteiger partial charge in [-0.2, -0.15) is 0 Å². The molecule has 2 aromatic carbocycles. The van der Waals surface area contributed by atoms with E-state index in [0.717, 1.165) is 29.9 Å². The number of likely N-dealkylation sites (tertiary alicyclic amines) is 1. The van der Waals surface area contributed by atoms with Crippen molar-refractivity contribution < 1.29 is 9.53 Å². The van der Waals surface area contributed by atoms with E-state index in [1.807, 2.05) is 18.2 Å². The van der Waals surface area contributed by atoms with Crippen molar-refractivity contribution in [1.29, 1.82) is 0 Å². The van der Waals surface area contributed by atoms with Crippen LogP contribution < -0.4 is 10.1 Å². The minimum atomic E-state index is 0.0869. The van der Waals surface area contributed by atoms with Crippen molar-refractivity contribution in [1.82, 2.24) is 10.2 Å². The first-order valence-corrected chi connectivity index (χ1v) is 10.3. The van der Waals surface area contributed by atoms with Gasteiger partial charge in [-0.15, -0.1) is 0 Å². The standard InChI is InChI=1S/C22H27BrN2O2/c1-27-22-11-10-18(14-19(22)23)21(26)16-24-15-20(17-8-4-2-5-9-17)25-12-6-3-7-13-25/h2,4-5,8-11,14,20,24H,3,6-7,12-13,15-16H2,1H3. The van der Waals surface area contributed by atoms with Gasteiger partial charge in [0.05, 0.1) is 18.1 Å². The maximum absolute atomic E-state index is 12.6. The third-order valence-corrected chi connectivity index (χ3v) is 5.73. The summed E-state index contributed by atoms with van der Waals surface area (Å²) in [6, 6.07) is 16.4. The second-order valence-corrected chi connectivity index (χ2v) is 7.78. The molecule has 1 atom stereocenters. The molecule has 1 saturated heterocycles. The van der Waals surface area contributed by atoms with E-state index in [4.69, 9.17) is 4.74 Å². The van der Waals surface area contributed by atoms with Gasteiger partial charge in [-0.3, -0.25) is 9.69 Å². The molecule has 0 bridgehead atoms. The molecule has 1 aliphatic rings. The second kappa shape index (κ2) is 10.0. The number of ether oxygens (including phenoxy) is 1. The predicted molar refractivity (Wildman–Crippen MR) is 113 cm³/mol. The van der Waals surface area contributed by atoms with Crippen molar-refractivity contribution in [2.75, 3.05) is 33.3 Å². The Kier molecular flexibility index (Phi) is 7.44. The molecule has 27 heavy (non-hydrogen) atoms. The molecule has 144 valence electrons. The van der Waals surface area contributed by atoms with Gasteiger partial charge in [0, 0.05) is 18.2 Å². The van der Waals surface area contributed by atoms with Crippen LogP contribution in [-0.2, 0) is 0 Å². The van der Waals surface area contributed by atoms with Crippen molar-refractivity contribution in [2.45, 2.75) is 25.3 Å². The number of carbonyl (C=O) groups is 1. The molecule has 1 aliphatic heterocycles. The summed E-state index contributed by atoms with van der Waals surface area (Å²) in [4.78, 5) is 15.1. The molecule has 0 aromatic heterocycles. The van der Waals surface area contributed by atoms with Crippen LogP contribution in [0.1, 0.15) is 41.2 Å². The van der Waals surface area contributed by atoms with Crippen LogP contribution in [0.2, 0.25) is 0 Å². The number of halogens is 1. The Bertz CT molecular complexity index is 745. The van der Waals surface area contributed by atoms with E-state index in [1.165, 1.54) is 24.8 Å². The van der Waals surface area contributed by atoms with Gasteiger partial charge in [0.15, 0.2) is 5.78 Å². The van der Waals surface area contributed by atoms with Crippen LogP contribution in [0.25, 0.3) is 0 Å². The molecule has 1 N–H and O–H groups in total. The van der Waals surface area contributed by atoms with E-state index in [2.05, 4.69) is 56.5 Å². The largest absolute Gasteiger partial charge is 0.496 e. The van der Waals surface area contributed by atoms with Crippen LogP contribution in [0.4, 0.5) is 0 Å². The number of benzene rings is 2. The fourth-order valence-electron chi connectivity index (χ4n) is 3.63. The summed E-state index contributed by atoms with van der Waals surface area (Å²) in [7, 11) is 1.62. The van der Waals surface area contributed by atoms with Crippen LogP contribution in [0, 0.1) is 0 Å². The fraction of sp³-hybridized carbons (Fsp3) is 0.409. The Morgan fingerprint density at radius 2 is 1.89 bits per heavy atom. The number of rotatable bonds is 8. The Hall–Kier alpha value is -1.69. The van der Waals surface area contributed by atoms with Crippen LogP contribution in [-0.4, -0.2) is 44.0 Å². The number of Topliss-reactive ketones (excluding diaryl/α,β-unsaturated/α-hetero) is 1. The van der Waals surface area contributed by atoms with Crippen molar-refractivity contribution in [3.8, 4) is 5.75 Å². The lowest BCUT2D eigenvalue weighted by Gasteiger charge is -2.35. The maximum Gasteiger partial charge on any atom is 0.176 e. The van der Waals surface area contributed by atoms with Gasteiger partial charge in [-0.05, 0) is 65.6 Å². The van der Waals surface area contributed by atoms with Gasteiger partial charge in [-0.25, -0.2) is 0 Å². The highest BCUT2D eigenvalue weighted by Crippen LogP contribution is 2.26. The molecule has 0 saturated carbocycles. The van der Waals surface area contributed by atoms with E-state index in [1.54, 1.807) is 7.11 Å². The normalized spacial score (nSPS) is 16.1. The maximum atomic E-state index is 12.6. The quantitative estimate of drug-likeness (QED) is 0.627. The highest BCUT2D eigenvalue weighted by molar-refractivity contribution is 9.10. The lowest BCUT2D eigenvalue weighted by atomic mass is 10.0. The van der Waals surface area contributed by atoms with E-state index < -0.39 is 0 Å². The Balaban J connectivity index is 1.61. The van der Waals surface area contributed by atoms with Crippen LogP contribution in [0.3, 0.4) is 0 Å². The molecule has 5 heteroatoms. The summed E-state index contributed by atoms with van der Waals surface area (Å²) < 4.78 is 6.03. The Labute approximate surface area is 170 Å². The number of nitrogens with zero attached hydrogens (tertiary/aromatic N) is 1. The third kappa shape index (κ3) is 5.41. The van der Waals surface area contributed by atoms with E-state index >= 15 is 0 Å². The molecule has 0 amide bonds. The number of ketones is 1. The first-order chi connectivity index (χ1) is 13.2. The number of piperidine rings is 1. The summed E-state index contributed by atoms with van der Waals surface area (Å²) in [5, 5.41) is 3.39. The van der Waals surface area contributed by atoms with Crippen LogP contribution in [0.15, 0.2) is 53.0 Å². The first kappa shape index (κ1) is 20.1. The number of carbonyl (C=O) groups excluding carboxylic acids is 1. The van der Waals surface area contributed by atoms with Gasteiger partial charge < -0.3 is 10.1 Å². The minimum Gasteiger partial charge on any atom is -0.496 e. The van der Waals surface area contributed by atoms with Gasteiger partial charge >= 0.3 is 0 Å². The van der Waals surface area contributed by atoms with E-state index in [9.17, 15) is 4.79 Å². The molecule has 3 rings (SSSR count). The molecule has 1 unspecified atom stereocenters. The summed E-state index contributed by atoms with van der Waals surface area (Å²) in [6.07, 6.45) is 3.82. The highest BCUT2D eigenvalue weighted by Gasteiger charge is 2.22. The molecular weight excluding hydrogens is 404 g/mol. The van der Waals surface area contributed by atoms with Crippen LogP contribution in [0.5, 0.6) is 5.75 Å².